The first-order chi connectivity index (χ1) is 25.3. The molecule has 4 aromatic rings. The largest absolute Gasteiger partial charge is 0.447 e. The van der Waals surface area contributed by atoms with E-state index in [1.165, 1.54) is 36.8 Å². The van der Waals surface area contributed by atoms with Crippen molar-refractivity contribution in [3.8, 4) is 22.5 Å². The van der Waals surface area contributed by atoms with Crippen LogP contribution in [0.1, 0.15) is 68.5 Å². The Labute approximate surface area is 318 Å². The number of ether oxygens (including phenoxy) is 1. The second-order valence-corrected chi connectivity index (χ2v) is 14.3. The molecule has 278 valence electrons. The third-order valence-electron chi connectivity index (χ3n) is 8.98. The van der Waals surface area contributed by atoms with Gasteiger partial charge in [0.2, 0.25) is 0 Å². The van der Waals surface area contributed by atoms with Gasteiger partial charge < -0.3 is 15.8 Å². The average molecular weight is 762 g/mol. The SMILES string of the molecule is [B]C([B])([B])n1cnc(-c2cc([C@@H](COC(=O)NC(C)(C)C(F)F)N(C(=O)c3ccc(-c4cnn(C(F)F)c4)cc3)C(N)=NCCC3(C)CC3)ccc2Cl)n1. The van der Waals surface area contributed by atoms with Crippen molar-refractivity contribution in [2.45, 2.75) is 69.8 Å². The number of nitrogens with one attached hydrogen (secondary N) is 1. The highest BCUT2D eigenvalue weighted by atomic mass is 35.5. The van der Waals surface area contributed by atoms with Crippen LogP contribution in [0.3, 0.4) is 0 Å². The smallest absolute Gasteiger partial charge is 0.407 e. The van der Waals surface area contributed by atoms with Crippen molar-refractivity contribution in [1.82, 2.24) is 34.8 Å². The first-order valence-electron chi connectivity index (χ1n) is 16.7. The molecule has 1 aliphatic rings. The van der Waals surface area contributed by atoms with Crippen molar-refractivity contribution in [2.24, 2.45) is 16.1 Å². The minimum Gasteiger partial charge on any atom is -0.447 e. The summed E-state index contributed by atoms with van der Waals surface area (Å²) in [6.07, 6.45) is 2.22. The molecule has 0 unspecified atom stereocenters. The summed E-state index contributed by atoms with van der Waals surface area (Å²) in [5.74, 6) is -0.873. The maximum atomic E-state index is 14.5. The lowest BCUT2D eigenvalue weighted by Gasteiger charge is -2.32. The zero-order chi connectivity index (χ0) is 39.6. The van der Waals surface area contributed by atoms with Crippen molar-refractivity contribution in [1.29, 1.82) is 0 Å². The van der Waals surface area contributed by atoms with Crippen molar-refractivity contribution in [3.63, 3.8) is 0 Å². The Kier molecular flexibility index (Phi) is 11.9. The number of benzene rings is 2. The lowest BCUT2D eigenvalue weighted by molar-refractivity contribution is 0.0404. The Morgan fingerprint density at radius 2 is 1.80 bits per heavy atom. The average Bonchev–Trinajstić information content (AvgIpc) is 3.46. The number of hydrogen-bond acceptors (Lipinski definition) is 7. The highest BCUT2D eigenvalue weighted by molar-refractivity contribution is 6.56. The van der Waals surface area contributed by atoms with Gasteiger partial charge in [0.15, 0.2) is 11.8 Å². The third-order valence-corrected chi connectivity index (χ3v) is 9.31. The van der Waals surface area contributed by atoms with Crippen LogP contribution >= 0.6 is 11.6 Å². The van der Waals surface area contributed by atoms with Gasteiger partial charge in [0.25, 0.3) is 12.3 Å². The Bertz CT molecular complexity index is 2000. The van der Waals surface area contributed by atoms with E-state index in [0.717, 1.165) is 42.5 Å². The van der Waals surface area contributed by atoms with Crippen LogP contribution in [-0.2, 0) is 9.97 Å². The van der Waals surface area contributed by atoms with Crippen LogP contribution < -0.4 is 11.1 Å². The lowest BCUT2D eigenvalue weighted by Crippen LogP contribution is -2.50. The van der Waals surface area contributed by atoms with Gasteiger partial charge in [-0.25, -0.2) is 23.2 Å². The van der Waals surface area contributed by atoms with Gasteiger partial charge in [0.1, 0.15) is 12.9 Å². The van der Waals surface area contributed by atoms with Gasteiger partial charge in [-0.1, -0.05) is 36.7 Å². The normalized spacial score (nSPS) is 15.0. The number of carbonyl (C=O) groups is 2. The molecule has 2 aromatic heterocycles. The van der Waals surface area contributed by atoms with Crippen LogP contribution in [0.2, 0.25) is 5.02 Å². The Morgan fingerprint density at radius 1 is 1.11 bits per heavy atom. The summed E-state index contributed by atoms with van der Waals surface area (Å²) in [5, 5.41) is 8.29. The number of aliphatic imine (C=N–C) groups is 1. The van der Waals surface area contributed by atoms with E-state index in [0.29, 0.717) is 27.8 Å². The molecule has 12 nitrogen and oxygen atoms in total. The molecular formula is C34H35B3ClF4N9O3. The van der Waals surface area contributed by atoms with Gasteiger partial charge in [-0.15, -0.1) is 0 Å². The fraction of sp³-hybridized carbons (Fsp3) is 0.412. The molecule has 0 bridgehead atoms. The van der Waals surface area contributed by atoms with Gasteiger partial charge in [-0.2, -0.15) is 19.0 Å². The van der Waals surface area contributed by atoms with E-state index in [-0.39, 0.29) is 39.9 Å². The number of rotatable bonds is 14. The fourth-order valence-corrected chi connectivity index (χ4v) is 5.45. The van der Waals surface area contributed by atoms with Crippen molar-refractivity contribution < 1.29 is 31.9 Å². The topological polar surface area (TPSA) is 146 Å². The van der Waals surface area contributed by atoms with Crippen LogP contribution in [0, 0.1) is 5.41 Å². The Hall–Kier alpha value is -4.80. The highest BCUT2D eigenvalue weighted by Gasteiger charge is 2.37. The summed E-state index contributed by atoms with van der Waals surface area (Å²) in [6.45, 7) is 1.18. The quantitative estimate of drug-likeness (QED) is 0.0759. The van der Waals surface area contributed by atoms with Gasteiger partial charge in [0, 0.05) is 29.4 Å². The predicted octanol–water partition coefficient (Wildman–Crippen LogP) is 5.39. The molecule has 6 radical (unpaired) electrons. The molecule has 0 aliphatic heterocycles. The molecule has 54 heavy (non-hydrogen) atoms. The number of halogens is 5. The highest BCUT2D eigenvalue weighted by Crippen LogP contribution is 2.48. The minimum atomic E-state index is -2.93. The Balaban J connectivity index is 1.57. The summed E-state index contributed by atoms with van der Waals surface area (Å²) >= 11 is 6.56. The second kappa shape index (κ2) is 15.9. The molecule has 1 aliphatic carbocycles. The van der Waals surface area contributed by atoms with Gasteiger partial charge in [0.05, 0.1) is 46.3 Å². The molecule has 1 fully saturated rings. The number of aromatic nitrogens is 5. The lowest BCUT2D eigenvalue weighted by atomic mass is 9.49. The summed E-state index contributed by atoms with van der Waals surface area (Å²) in [5.41, 5.74) is 6.25. The number of alkyl halides is 4. The monoisotopic (exact) mass is 761 g/mol. The van der Waals surface area contributed by atoms with E-state index >= 15 is 0 Å². The van der Waals surface area contributed by atoms with Crippen molar-refractivity contribution in [2.75, 3.05) is 13.2 Å². The maximum absolute atomic E-state index is 14.5. The number of alkyl carbamates (subject to hydrolysis) is 1. The number of carbonyl (C=O) groups excluding carboxylic acids is 2. The molecular weight excluding hydrogens is 726 g/mol. The zero-order valence-corrected chi connectivity index (χ0v) is 30.4. The van der Waals surface area contributed by atoms with Crippen molar-refractivity contribution in [3.05, 3.63) is 77.3 Å². The van der Waals surface area contributed by atoms with Crippen LogP contribution in [0.25, 0.3) is 22.5 Å². The van der Waals surface area contributed by atoms with E-state index < -0.39 is 48.4 Å². The van der Waals surface area contributed by atoms with E-state index in [2.05, 4.69) is 32.4 Å². The third kappa shape index (κ3) is 9.65. The van der Waals surface area contributed by atoms with Gasteiger partial charge >= 0.3 is 12.6 Å². The van der Waals surface area contributed by atoms with Gasteiger partial charge in [-0.3, -0.25) is 19.4 Å². The molecule has 0 saturated heterocycles. The molecule has 20 heteroatoms. The summed E-state index contributed by atoms with van der Waals surface area (Å²) < 4.78 is 60.5. The summed E-state index contributed by atoms with van der Waals surface area (Å²) in [4.78, 5) is 37.3. The second-order valence-electron chi connectivity index (χ2n) is 13.9. The number of nitrogens with zero attached hydrogens (tertiary/aromatic N) is 7. The van der Waals surface area contributed by atoms with E-state index in [4.69, 9.17) is 45.6 Å². The van der Waals surface area contributed by atoms with Crippen LogP contribution in [0.15, 0.2) is 66.2 Å². The van der Waals surface area contributed by atoms with E-state index in [1.54, 1.807) is 18.2 Å². The van der Waals surface area contributed by atoms with E-state index in [1.807, 2.05) is 0 Å². The van der Waals surface area contributed by atoms with E-state index in [9.17, 15) is 27.2 Å². The molecule has 1 saturated carbocycles. The van der Waals surface area contributed by atoms with Crippen LogP contribution in [0.5, 0.6) is 0 Å². The van der Waals surface area contributed by atoms with Crippen LogP contribution in [-0.4, -0.2) is 96.1 Å². The zero-order valence-electron chi connectivity index (χ0n) is 29.6. The van der Waals surface area contributed by atoms with Gasteiger partial charge in [-0.05, 0) is 79.2 Å². The molecule has 3 N–H and O–H groups in total. The number of guanidine groups is 1. The van der Waals surface area contributed by atoms with Crippen LogP contribution in [0.4, 0.5) is 22.4 Å². The predicted molar refractivity (Wildman–Crippen MR) is 197 cm³/mol. The first-order valence-corrected chi connectivity index (χ1v) is 17.0. The molecule has 2 amide bonds. The maximum Gasteiger partial charge on any atom is 0.407 e. The fourth-order valence-electron chi connectivity index (χ4n) is 5.25. The molecule has 1 atom stereocenters. The molecule has 2 heterocycles. The first kappa shape index (κ1) is 40.4. The number of hydrogen-bond donors (Lipinski definition) is 2. The number of amides is 2. The summed E-state index contributed by atoms with van der Waals surface area (Å²) in [7, 11) is 17.3. The van der Waals surface area contributed by atoms with Crippen molar-refractivity contribution >= 4 is 53.1 Å². The summed E-state index contributed by atoms with van der Waals surface area (Å²) in [6, 6.07) is 9.31. The standard InChI is InChI=1S/C34H35B3ClF4N9O3/c1-32(2,28(39)40)47-31(53)54-17-25(21-8-9-24(38)23(14-21)26-45-18-50(48-26)34(35,36)37)51(30(43)44-13-12-33(3)10-11-33)27(52)20-6-4-19(5-7-20)22-15-46-49(16-22)29(41)42/h4-9,14-16,18,25,28-29H,10-13,17H2,1-3H3,(H2,43,44)(H,47,53)/t25-/m1/s1. The number of nitrogens with two attached hydrogens (primary N) is 1. The molecule has 2 aromatic carbocycles. The molecule has 5 rings (SSSR count). The molecule has 0 spiro atoms. The Morgan fingerprint density at radius 3 is 2.37 bits per heavy atom. The minimum absolute atomic E-state index is 0.0478.